The molecule has 7 heteroatoms. The molecule has 0 atom stereocenters. The van der Waals surface area contributed by atoms with Crippen molar-refractivity contribution < 1.29 is 28.2 Å². The summed E-state index contributed by atoms with van der Waals surface area (Å²) in [6.07, 6.45) is -0.276. The summed E-state index contributed by atoms with van der Waals surface area (Å²) in [5.74, 6) is -1.95. The molecule has 2 aromatic rings. The van der Waals surface area contributed by atoms with Gasteiger partial charge in [0.1, 0.15) is 5.82 Å². The summed E-state index contributed by atoms with van der Waals surface area (Å²) in [6, 6.07) is 11.6. The lowest BCUT2D eigenvalue weighted by Gasteiger charge is -2.09. The topological polar surface area (TPSA) is 81.7 Å². The molecule has 0 unspecified atom stereocenters. The molecule has 142 valence electrons. The van der Waals surface area contributed by atoms with E-state index in [4.69, 9.17) is 9.47 Å². The number of esters is 2. The molecule has 2 rings (SSSR count). The minimum absolute atomic E-state index is 0.0553. The Kier molecular flexibility index (Phi) is 7.05. The summed E-state index contributed by atoms with van der Waals surface area (Å²) in [6.45, 7) is 3.06. The lowest BCUT2D eigenvalue weighted by atomic mass is 10.1. The van der Waals surface area contributed by atoms with E-state index in [2.05, 4.69) is 5.32 Å². The molecule has 0 aromatic heterocycles. The van der Waals surface area contributed by atoms with Crippen LogP contribution >= 0.6 is 0 Å². The van der Waals surface area contributed by atoms with Crippen molar-refractivity contribution in [1.29, 1.82) is 0 Å². The van der Waals surface area contributed by atoms with Crippen LogP contribution in [0.25, 0.3) is 0 Å². The van der Waals surface area contributed by atoms with E-state index >= 15 is 0 Å². The first-order valence-electron chi connectivity index (χ1n) is 8.34. The van der Waals surface area contributed by atoms with Crippen LogP contribution in [0.1, 0.15) is 29.8 Å². The number of halogens is 1. The molecule has 0 fully saturated rings. The van der Waals surface area contributed by atoms with Gasteiger partial charge in [0, 0.05) is 5.69 Å². The predicted octanol–water partition coefficient (Wildman–Crippen LogP) is 3.12. The van der Waals surface area contributed by atoms with Crippen LogP contribution in [0.2, 0.25) is 0 Å². The molecule has 0 spiro atoms. The van der Waals surface area contributed by atoms with Crippen molar-refractivity contribution in [2.24, 2.45) is 0 Å². The van der Waals surface area contributed by atoms with E-state index < -0.39 is 30.3 Å². The molecular weight excluding hydrogens is 353 g/mol. The molecule has 0 radical (unpaired) electrons. The first kappa shape index (κ1) is 20.1. The van der Waals surface area contributed by atoms with Crippen molar-refractivity contribution in [3.05, 3.63) is 65.5 Å². The zero-order chi connectivity index (χ0) is 19.8. The van der Waals surface area contributed by atoms with Gasteiger partial charge in [0.25, 0.3) is 5.91 Å². The largest absolute Gasteiger partial charge is 0.459 e. The monoisotopic (exact) mass is 373 g/mol. The number of anilines is 1. The van der Waals surface area contributed by atoms with Crippen molar-refractivity contribution in [3.63, 3.8) is 0 Å². The van der Waals surface area contributed by atoms with E-state index in [1.54, 1.807) is 26.0 Å². The maximum Gasteiger partial charge on any atom is 0.338 e. The minimum atomic E-state index is -0.594. The number of amides is 1. The fraction of sp³-hybridized carbons (Fsp3) is 0.250. The van der Waals surface area contributed by atoms with Crippen molar-refractivity contribution in [1.82, 2.24) is 0 Å². The van der Waals surface area contributed by atoms with Gasteiger partial charge in [-0.1, -0.05) is 12.1 Å². The summed E-state index contributed by atoms with van der Waals surface area (Å²) in [4.78, 5) is 35.3. The van der Waals surface area contributed by atoms with Crippen molar-refractivity contribution in [2.75, 3.05) is 11.9 Å². The molecule has 1 amide bonds. The molecule has 2 aromatic carbocycles. The van der Waals surface area contributed by atoms with Gasteiger partial charge in [-0.3, -0.25) is 9.59 Å². The van der Waals surface area contributed by atoms with Crippen LogP contribution in [0.4, 0.5) is 10.1 Å². The number of rotatable bonds is 7. The molecular formula is C20H20FNO5. The number of hydrogen-bond acceptors (Lipinski definition) is 5. The minimum Gasteiger partial charge on any atom is -0.459 e. The molecule has 1 N–H and O–H groups in total. The second kappa shape index (κ2) is 9.47. The van der Waals surface area contributed by atoms with Crippen LogP contribution in [0.3, 0.4) is 0 Å². The number of ether oxygens (including phenoxy) is 2. The Morgan fingerprint density at radius 2 is 1.63 bits per heavy atom. The SMILES string of the molecule is CC(C)OC(=O)c1ccc(NC(=O)COC(=O)Cc2ccc(F)cc2)cc1. The Morgan fingerprint density at radius 1 is 1.00 bits per heavy atom. The highest BCUT2D eigenvalue weighted by atomic mass is 19.1. The van der Waals surface area contributed by atoms with Gasteiger partial charge >= 0.3 is 11.9 Å². The van der Waals surface area contributed by atoms with Gasteiger partial charge < -0.3 is 14.8 Å². The zero-order valence-corrected chi connectivity index (χ0v) is 15.0. The quantitative estimate of drug-likeness (QED) is 0.754. The van der Waals surface area contributed by atoms with Crippen molar-refractivity contribution >= 4 is 23.5 Å². The highest BCUT2D eigenvalue weighted by Gasteiger charge is 2.11. The van der Waals surface area contributed by atoms with E-state index in [-0.39, 0.29) is 12.5 Å². The fourth-order valence-corrected chi connectivity index (χ4v) is 2.13. The van der Waals surface area contributed by atoms with Gasteiger partial charge in [-0.2, -0.15) is 0 Å². The molecule has 0 aliphatic rings. The number of carbonyl (C=O) groups is 3. The number of hydrogen-bond donors (Lipinski definition) is 1. The Balaban J connectivity index is 1.78. The summed E-state index contributed by atoms with van der Waals surface area (Å²) < 4.78 is 22.8. The molecule has 0 bridgehead atoms. The van der Waals surface area contributed by atoms with Gasteiger partial charge in [0.15, 0.2) is 6.61 Å². The van der Waals surface area contributed by atoms with Crippen LogP contribution in [0.15, 0.2) is 48.5 Å². The summed E-state index contributed by atoms with van der Waals surface area (Å²) in [5, 5.41) is 2.56. The number of nitrogens with one attached hydrogen (secondary N) is 1. The lowest BCUT2D eigenvalue weighted by molar-refractivity contribution is -0.146. The molecule has 0 saturated heterocycles. The first-order chi connectivity index (χ1) is 12.8. The third kappa shape index (κ3) is 6.89. The second-order valence-electron chi connectivity index (χ2n) is 6.04. The molecule has 0 aliphatic carbocycles. The van der Waals surface area contributed by atoms with E-state index in [1.807, 2.05) is 0 Å². The Labute approximate surface area is 156 Å². The van der Waals surface area contributed by atoms with E-state index in [9.17, 15) is 18.8 Å². The van der Waals surface area contributed by atoms with Crippen molar-refractivity contribution in [2.45, 2.75) is 26.4 Å². The Morgan fingerprint density at radius 3 is 2.22 bits per heavy atom. The Bertz CT molecular complexity index is 800. The second-order valence-corrected chi connectivity index (χ2v) is 6.04. The van der Waals surface area contributed by atoms with Gasteiger partial charge in [-0.15, -0.1) is 0 Å². The first-order valence-corrected chi connectivity index (χ1v) is 8.34. The summed E-state index contributed by atoms with van der Waals surface area (Å²) >= 11 is 0. The summed E-state index contributed by atoms with van der Waals surface area (Å²) in [5.41, 5.74) is 1.41. The average molecular weight is 373 g/mol. The van der Waals surface area contributed by atoms with Gasteiger partial charge in [-0.25, -0.2) is 9.18 Å². The number of carbonyl (C=O) groups excluding carboxylic acids is 3. The predicted molar refractivity (Wildman–Crippen MR) is 96.7 cm³/mol. The van der Waals surface area contributed by atoms with Crippen LogP contribution in [0.5, 0.6) is 0 Å². The number of benzene rings is 2. The maximum atomic E-state index is 12.8. The maximum absolute atomic E-state index is 12.8. The molecule has 0 aliphatic heterocycles. The van der Waals surface area contributed by atoms with Crippen LogP contribution < -0.4 is 5.32 Å². The standard InChI is InChI=1S/C20H20FNO5/c1-13(2)27-20(25)15-5-9-17(10-6-15)22-18(23)12-26-19(24)11-14-3-7-16(21)8-4-14/h3-10,13H,11-12H2,1-2H3,(H,22,23). The van der Waals surface area contributed by atoms with Gasteiger partial charge in [0.05, 0.1) is 18.1 Å². The highest BCUT2D eigenvalue weighted by molar-refractivity contribution is 5.94. The van der Waals surface area contributed by atoms with E-state index in [0.29, 0.717) is 16.8 Å². The van der Waals surface area contributed by atoms with Crippen LogP contribution in [-0.2, 0) is 25.5 Å². The van der Waals surface area contributed by atoms with Crippen LogP contribution in [-0.4, -0.2) is 30.6 Å². The van der Waals surface area contributed by atoms with Crippen molar-refractivity contribution in [3.8, 4) is 0 Å². The fourth-order valence-electron chi connectivity index (χ4n) is 2.13. The van der Waals surface area contributed by atoms with Gasteiger partial charge in [0.2, 0.25) is 0 Å². The smallest absolute Gasteiger partial charge is 0.338 e. The zero-order valence-electron chi connectivity index (χ0n) is 15.0. The third-order valence-corrected chi connectivity index (χ3v) is 3.37. The van der Waals surface area contributed by atoms with Crippen LogP contribution in [0, 0.1) is 5.82 Å². The molecule has 27 heavy (non-hydrogen) atoms. The Hall–Kier alpha value is -3.22. The highest BCUT2D eigenvalue weighted by Crippen LogP contribution is 2.11. The van der Waals surface area contributed by atoms with E-state index in [1.165, 1.54) is 36.4 Å². The normalized spacial score (nSPS) is 10.4. The van der Waals surface area contributed by atoms with Gasteiger partial charge in [-0.05, 0) is 55.8 Å². The molecule has 0 saturated carbocycles. The third-order valence-electron chi connectivity index (χ3n) is 3.37. The lowest BCUT2D eigenvalue weighted by Crippen LogP contribution is -2.21. The van der Waals surface area contributed by atoms with E-state index in [0.717, 1.165) is 0 Å². The molecule has 0 heterocycles. The summed E-state index contributed by atoms with van der Waals surface area (Å²) in [7, 11) is 0. The molecule has 6 nitrogen and oxygen atoms in total. The average Bonchev–Trinajstić information content (AvgIpc) is 2.62.